The smallest absolute Gasteiger partial charge is 0.244 e. The van der Waals surface area contributed by atoms with Crippen LogP contribution in [0.3, 0.4) is 0 Å². The van der Waals surface area contributed by atoms with Crippen LogP contribution in [0.15, 0.2) is 48.8 Å². The van der Waals surface area contributed by atoms with E-state index in [1.165, 1.54) is 6.42 Å². The highest BCUT2D eigenvalue weighted by molar-refractivity contribution is 5.83. The zero-order valence-corrected chi connectivity index (χ0v) is 14.3. The van der Waals surface area contributed by atoms with Crippen LogP contribution in [0.5, 0.6) is 0 Å². The van der Waals surface area contributed by atoms with E-state index in [2.05, 4.69) is 17.3 Å². The Morgan fingerprint density at radius 3 is 2.58 bits per heavy atom. The number of likely N-dealkylation sites (tertiary alicyclic amines) is 1. The molecule has 128 valence electrons. The monoisotopic (exact) mass is 326 g/mol. The Bertz CT molecular complexity index is 620. The number of carbonyl (C=O) groups is 1. The molecule has 0 radical (unpaired) electrons. The topological polar surface area (TPSA) is 50.2 Å². The first-order valence-corrected chi connectivity index (χ1v) is 8.81. The Morgan fingerprint density at radius 1 is 1.17 bits per heavy atom. The van der Waals surface area contributed by atoms with Crippen LogP contribution in [0.4, 0.5) is 0 Å². The maximum absolute atomic E-state index is 13.1. The number of aromatic nitrogens is 2. The van der Waals surface area contributed by atoms with Gasteiger partial charge in [-0.25, -0.2) is 0 Å². The van der Waals surface area contributed by atoms with Gasteiger partial charge in [-0.15, -0.1) is 0 Å². The first kappa shape index (κ1) is 16.7. The van der Waals surface area contributed by atoms with E-state index < -0.39 is 0 Å². The summed E-state index contributed by atoms with van der Waals surface area (Å²) in [4.78, 5) is 15.1. The van der Waals surface area contributed by atoms with Gasteiger partial charge in [0.2, 0.25) is 5.91 Å². The molecular weight excluding hydrogens is 300 g/mol. The first-order valence-electron chi connectivity index (χ1n) is 8.81. The van der Waals surface area contributed by atoms with Gasteiger partial charge in [0.15, 0.2) is 0 Å². The van der Waals surface area contributed by atoms with Crippen LogP contribution < -0.4 is 5.32 Å². The average molecular weight is 326 g/mol. The first-order chi connectivity index (χ1) is 11.7. The highest BCUT2D eigenvalue weighted by atomic mass is 16.2. The third-order valence-corrected chi connectivity index (χ3v) is 4.52. The van der Waals surface area contributed by atoms with Gasteiger partial charge >= 0.3 is 0 Å². The molecule has 1 aromatic carbocycles. The SMILES string of the molecule is C[C@@H](Cn1cccn1)N[C@H](C(=O)N1CCCCC1)c1ccccc1. The molecule has 1 aliphatic rings. The summed E-state index contributed by atoms with van der Waals surface area (Å²) in [5.41, 5.74) is 1.03. The van der Waals surface area contributed by atoms with Crippen molar-refractivity contribution in [3.8, 4) is 0 Å². The summed E-state index contributed by atoms with van der Waals surface area (Å²) >= 11 is 0. The molecular formula is C19H26N4O. The van der Waals surface area contributed by atoms with Crippen molar-refractivity contribution in [2.24, 2.45) is 0 Å². The molecule has 2 heterocycles. The summed E-state index contributed by atoms with van der Waals surface area (Å²) in [6, 6.07) is 11.8. The minimum absolute atomic E-state index is 0.142. The van der Waals surface area contributed by atoms with Crippen molar-refractivity contribution >= 4 is 5.91 Å². The van der Waals surface area contributed by atoms with Crippen LogP contribution in [0.2, 0.25) is 0 Å². The Labute approximate surface area is 143 Å². The normalized spacial score (nSPS) is 17.5. The predicted octanol–water partition coefficient (Wildman–Crippen LogP) is 2.62. The molecule has 3 rings (SSSR count). The summed E-state index contributed by atoms with van der Waals surface area (Å²) in [5, 5.41) is 7.77. The molecule has 0 bridgehead atoms. The van der Waals surface area contributed by atoms with Crippen LogP contribution in [-0.4, -0.2) is 39.7 Å². The van der Waals surface area contributed by atoms with E-state index in [-0.39, 0.29) is 18.0 Å². The van der Waals surface area contributed by atoms with E-state index in [0.717, 1.165) is 38.0 Å². The van der Waals surface area contributed by atoms with Gasteiger partial charge in [-0.3, -0.25) is 14.8 Å². The third kappa shape index (κ3) is 4.23. The molecule has 1 saturated heterocycles. The van der Waals surface area contributed by atoms with Crippen molar-refractivity contribution in [3.63, 3.8) is 0 Å². The summed E-state index contributed by atoms with van der Waals surface area (Å²) in [6.45, 7) is 4.58. The number of hydrogen-bond acceptors (Lipinski definition) is 3. The maximum atomic E-state index is 13.1. The molecule has 5 heteroatoms. The molecule has 0 spiro atoms. The van der Waals surface area contributed by atoms with Crippen LogP contribution in [0.25, 0.3) is 0 Å². The molecule has 5 nitrogen and oxygen atoms in total. The van der Waals surface area contributed by atoms with Gasteiger partial charge in [0.1, 0.15) is 6.04 Å². The molecule has 2 atom stereocenters. The number of hydrogen-bond donors (Lipinski definition) is 1. The minimum Gasteiger partial charge on any atom is -0.341 e. The Hall–Kier alpha value is -2.14. The number of nitrogens with zero attached hydrogens (tertiary/aromatic N) is 3. The number of carbonyl (C=O) groups excluding carboxylic acids is 1. The van der Waals surface area contributed by atoms with Gasteiger partial charge in [0.25, 0.3) is 0 Å². The van der Waals surface area contributed by atoms with Crippen LogP contribution >= 0.6 is 0 Å². The van der Waals surface area contributed by atoms with Gasteiger partial charge in [0, 0.05) is 31.5 Å². The standard InChI is InChI=1S/C19H26N4O/c1-16(15-23-14-8-11-20-23)21-18(17-9-4-2-5-10-17)19(24)22-12-6-3-7-13-22/h2,4-5,8-11,14,16,18,21H,3,6-7,12-13,15H2,1H3/t16-,18-/m0/s1. The fraction of sp³-hybridized carbons (Fsp3) is 0.474. The van der Waals surface area contributed by atoms with Crippen LogP contribution in [-0.2, 0) is 11.3 Å². The lowest BCUT2D eigenvalue weighted by molar-refractivity contribution is -0.134. The fourth-order valence-corrected chi connectivity index (χ4v) is 3.28. The Morgan fingerprint density at radius 2 is 1.92 bits per heavy atom. The lowest BCUT2D eigenvalue weighted by Crippen LogP contribution is -2.46. The van der Waals surface area contributed by atoms with Crippen molar-refractivity contribution in [2.75, 3.05) is 13.1 Å². The molecule has 0 saturated carbocycles. The fourth-order valence-electron chi connectivity index (χ4n) is 3.28. The van der Waals surface area contributed by atoms with E-state index in [1.54, 1.807) is 6.20 Å². The second-order valence-corrected chi connectivity index (χ2v) is 6.53. The lowest BCUT2D eigenvalue weighted by Gasteiger charge is -2.32. The Balaban J connectivity index is 1.73. The molecule has 1 amide bonds. The average Bonchev–Trinajstić information content (AvgIpc) is 3.13. The number of benzene rings is 1. The molecule has 0 aliphatic carbocycles. The van der Waals surface area contributed by atoms with E-state index in [1.807, 2.05) is 52.2 Å². The second kappa shape index (κ2) is 8.11. The summed E-state index contributed by atoms with van der Waals surface area (Å²) in [5.74, 6) is 0.188. The zero-order chi connectivity index (χ0) is 16.8. The van der Waals surface area contributed by atoms with E-state index in [0.29, 0.717) is 0 Å². The molecule has 2 aromatic rings. The van der Waals surface area contributed by atoms with Gasteiger partial charge in [0.05, 0.1) is 6.54 Å². The quantitative estimate of drug-likeness (QED) is 0.888. The molecule has 1 aliphatic heterocycles. The summed E-state index contributed by atoms with van der Waals surface area (Å²) in [7, 11) is 0. The number of nitrogens with one attached hydrogen (secondary N) is 1. The molecule has 1 N–H and O–H groups in total. The largest absolute Gasteiger partial charge is 0.341 e. The maximum Gasteiger partial charge on any atom is 0.244 e. The predicted molar refractivity (Wildman–Crippen MR) is 94.4 cm³/mol. The molecule has 1 fully saturated rings. The highest BCUT2D eigenvalue weighted by Crippen LogP contribution is 2.20. The van der Waals surface area contributed by atoms with Gasteiger partial charge in [-0.05, 0) is 37.8 Å². The minimum atomic E-state index is -0.296. The van der Waals surface area contributed by atoms with Crippen LogP contribution in [0, 0.1) is 0 Å². The second-order valence-electron chi connectivity index (χ2n) is 6.53. The molecule has 1 aromatic heterocycles. The van der Waals surface area contributed by atoms with Crippen LogP contribution in [0.1, 0.15) is 37.8 Å². The number of piperidine rings is 1. The molecule has 24 heavy (non-hydrogen) atoms. The zero-order valence-electron chi connectivity index (χ0n) is 14.3. The highest BCUT2D eigenvalue weighted by Gasteiger charge is 2.27. The summed E-state index contributed by atoms with van der Waals surface area (Å²) < 4.78 is 1.89. The van der Waals surface area contributed by atoms with Crippen molar-refractivity contribution in [1.29, 1.82) is 0 Å². The van der Waals surface area contributed by atoms with E-state index in [9.17, 15) is 4.79 Å². The number of amides is 1. The van der Waals surface area contributed by atoms with Gasteiger partial charge in [-0.2, -0.15) is 5.10 Å². The van der Waals surface area contributed by atoms with Crippen molar-refractivity contribution in [2.45, 2.75) is 44.8 Å². The van der Waals surface area contributed by atoms with E-state index >= 15 is 0 Å². The number of rotatable bonds is 6. The van der Waals surface area contributed by atoms with E-state index in [4.69, 9.17) is 0 Å². The third-order valence-electron chi connectivity index (χ3n) is 4.52. The van der Waals surface area contributed by atoms with Crippen molar-refractivity contribution in [3.05, 3.63) is 54.4 Å². The van der Waals surface area contributed by atoms with Crippen molar-refractivity contribution < 1.29 is 4.79 Å². The van der Waals surface area contributed by atoms with Gasteiger partial charge in [-0.1, -0.05) is 30.3 Å². The lowest BCUT2D eigenvalue weighted by atomic mass is 10.0. The summed E-state index contributed by atoms with van der Waals surface area (Å²) in [6.07, 6.45) is 7.16. The molecule has 0 unspecified atom stereocenters. The Kier molecular flexibility index (Phi) is 5.64. The van der Waals surface area contributed by atoms with Crippen molar-refractivity contribution in [1.82, 2.24) is 20.0 Å². The van der Waals surface area contributed by atoms with Gasteiger partial charge < -0.3 is 4.90 Å².